The van der Waals surface area contributed by atoms with Crippen LogP contribution in [-0.2, 0) is 16.2 Å². The van der Waals surface area contributed by atoms with Gasteiger partial charge in [-0.3, -0.25) is 0 Å². The largest absolute Gasteiger partial charge is 0.309 e. The van der Waals surface area contributed by atoms with Gasteiger partial charge < -0.3 is 18.3 Å². The maximum atomic E-state index is 2.46. The van der Waals surface area contributed by atoms with Crippen LogP contribution in [0.4, 0.5) is 0 Å². The molecule has 0 spiro atoms. The van der Waals surface area contributed by atoms with E-state index in [1.807, 2.05) is 0 Å². The van der Waals surface area contributed by atoms with Gasteiger partial charge in [-0.25, -0.2) is 0 Å². The molecule has 0 saturated heterocycles. The molecule has 4 heteroatoms. The van der Waals surface area contributed by atoms with Gasteiger partial charge in [-0.2, -0.15) is 0 Å². The Kier molecular flexibility index (Phi) is 13.7. The number of rotatable bonds is 6. The fourth-order valence-corrected chi connectivity index (χ4v) is 21.3. The maximum absolute atomic E-state index is 2.46. The summed E-state index contributed by atoms with van der Waals surface area (Å²) >= 11 is 0. The molecule has 542 valence electrons. The van der Waals surface area contributed by atoms with E-state index in [1.54, 1.807) is 0 Å². The minimum atomic E-state index is -0.0623. The van der Waals surface area contributed by atoms with Crippen molar-refractivity contribution in [3.63, 3.8) is 0 Å². The Morgan fingerprint density at radius 3 is 0.670 bits per heavy atom. The van der Waals surface area contributed by atoms with E-state index in [0.717, 1.165) is 0 Å². The number of nitrogens with zero attached hydrogens (tertiary/aromatic N) is 4. The molecule has 0 fully saturated rings. The number of fused-ring (bicyclic) bond motifs is 27. The van der Waals surface area contributed by atoms with E-state index in [9.17, 15) is 0 Å². The molecule has 22 aromatic rings. The van der Waals surface area contributed by atoms with Crippen LogP contribution in [0.2, 0.25) is 0 Å². The summed E-state index contributed by atoms with van der Waals surface area (Å²) in [7, 11) is 0. The molecule has 0 amide bonds. The van der Waals surface area contributed by atoms with Gasteiger partial charge in [-0.15, -0.1) is 0 Å². The van der Waals surface area contributed by atoms with Gasteiger partial charge in [0.15, 0.2) is 0 Å². The van der Waals surface area contributed by atoms with Crippen LogP contribution in [0.3, 0.4) is 0 Å². The standard InChI is InChI=1S/C57H38N2.C54H40N2/c1-57(2)51-20-10-7-17-44(51)45-28-26-38(34-52(45)57)59-54-22-12-9-19-47(54)50-32-36(24-30-56(50)59)35-23-29-55-49(31-35)46-18-8-11-21-53(46)58(55)37-25-27-43-41-15-4-3-13-39(41)40-14-5-6-16-42(40)48(43)33-37;1-53(2)45-17-9-5-13-37(45)39-25-23-35(31-47(39)53)55-49-19-11-7-15-41(49)43-29-33(21-27-51(43)55)34-22-28-52-44(30-34)42-16-8-12-20-50(42)56(52)36-24-26-40-38-14-6-10-18-46(38)54(3,4)48(40)32-36/h3-34H,1-2H3;5-32H,1-4H3. The molecular formula is C111H78N4. The molecule has 4 aromatic heterocycles. The van der Waals surface area contributed by atoms with Crippen molar-refractivity contribution in [3.8, 4) is 78.4 Å². The van der Waals surface area contributed by atoms with Crippen LogP contribution in [0.25, 0.3) is 198 Å². The molecule has 0 aliphatic heterocycles. The Balaban J connectivity index is 0.000000133. The van der Waals surface area contributed by atoms with Crippen LogP contribution < -0.4 is 0 Å². The Labute approximate surface area is 666 Å². The molecule has 3 aliphatic carbocycles. The zero-order valence-electron chi connectivity index (χ0n) is 64.9. The van der Waals surface area contributed by atoms with Gasteiger partial charge in [0.25, 0.3) is 0 Å². The molecule has 0 N–H and O–H groups in total. The lowest BCUT2D eigenvalue weighted by Gasteiger charge is -2.22. The molecule has 0 atom stereocenters. The summed E-state index contributed by atoms with van der Waals surface area (Å²) < 4.78 is 9.83. The van der Waals surface area contributed by atoms with Gasteiger partial charge in [-0.1, -0.05) is 284 Å². The van der Waals surface area contributed by atoms with Crippen LogP contribution in [-0.4, -0.2) is 18.3 Å². The van der Waals surface area contributed by atoms with E-state index in [4.69, 9.17) is 0 Å². The SMILES string of the molecule is CC1(C)c2ccccc2-c2ccc(-n3c4ccccc4c4cc(-c5ccc6c(c5)c5ccccc5n6-c5ccc6c(c5)C(C)(C)c5ccccc5-6)ccc43)cc21.CC1(C)c2ccccc2-c2ccc(-n3c4ccccc4c4cc(-c5ccc6c(c5)c5ccccc5n6-c5ccc6c7ccccc7c7ccccc7c6c5)ccc43)cc21. The Morgan fingerprint density at radius 1 is 0.148 bits per heavy atom. The predicted octanol–water partition coefficient (Wildman–Crippen LogP) is 29.5. The summed E-state index contributed by atoms with van der Waals surface area (Å²) in [6.45, 7) is 14.2. The zero-order valence-corrected chi connectivity index (χ0v) is 64.9. The van der Waals surface area contributed by atoms with Crippen molar-refractivity contribution in [3.05, 3.63) is 397 Å². The van der Waals surface area contributed by atoms with Crippen LogP contribution in [0.5, 0.6) is 0 Å². The first-order chi connectivity index (χ1) is 56.3. The van der Waals surface area contributed by atoms with Crippen molar-refractivity contribution >= 4 is 120 Å². The Hall–Kier alpha value is -14.1. The summed E-state index contributed by atoms with van der Waals surface area (Å²) in [6, 6.07) is 136. The second-order valence-corrected chi connectivity index (χ2v) is 33.9. The smallest absolute Gasteiger partial charge is 0.0541 e. The van der Waals surface area contributed by atoms with E-state index in [0.29, 0.717) is 0 Å². The highest BCUT2D eigenvalue weighted by molar-refractivity contribution is 6.26. The monoisotopic (exact) mass is 1470 g/mol. The average molecular weight is 1470 g/mol. The summed E-state index contributed by atoms with van der Waals surface area (Å²) in [5, 5.41) is 17.9. The molecule has 25 rings (SSSR count). The fourth-order valence-electron chi connectivity index (χ4n) is 21.3. The predicted molar refractivity (Wildman–Crippen MR) is 486 cm³/mol. The first-order valence-electron chi connectivity index (χ1n) is 40.5. The lowest BCUT2D eigenvalue weighted by Crippen LogP contribution is -2.15. The van der Waals surface area contributed by atoms with Crippen molar-refractivity contribution < 1.29 is 0 Å². The summed E-state index contributed by atoms with van der Waals surface area (Å²) in [6.07, 6.45) is 0. The molecular weight excluding hydrogens is 1390 g/mol. The van der Waals surface area contributed by atoms with Crippen molar-refractivity contribution in [2.24, 2.45) is 0 Å². The molecule has 4 heterocycles. The third-order valence-electron chi connectivity index (χ3n) is 26.8. The topological polar surface area (TPSA) is 19.7 Å². The van der Waals surface area contributed by atoms with Crippen LogP contribution >= 0.6 is 0 Å². The molecule has 0 bridgehead atoms. The van der Waals surface area contributed by atoms with Crippen LogP contribution in [0.15, 0.2) is 364 Å². The molecule has 0 saturated carbocycles. The van der Waals surface area contributed by atoms with Crippen molar-refractivity contribution in [2.45, 2.75) is 57.8 Å². The minimum absolute atomic E-state index is 0.0569. The molecule has 0 radical (unpaired) electrons. The lowest BCUT2D eigenvalue weighted by atomic mass is 9.82. The van der Waals surface area contributed by atoms with E-state index >= 15 is 0 Å². The average Bonchev–Trinajstić information content (AvgIpc) is 1.60. The second-order valence-electron chi connectivity index (χ2n) is 33.9. The number of hydrogen-bond donors (Lipinski definition) is 0. The fraction of sp³-hybridized carbons (Fsp3) is 0.0811. The third kappa shape index (κ3) is 9.31. The lowest BCUT2D eigenvalue weighted by molar-refractivity contribution is 0.660. The van der Waals surface area contributed by atoms with Crippen LogP contribution in [0.1, 0.15) is 74.9 Å². The van der Waals surface area contributed by atoms with Gasteiger partial charge in [0.1, 0.15) is 0 Å². The van der Waals surface area contributed by atoms with Gasteiger partial charge in [0.05, 0.1) is 44.1 Å². The highest BCUT2D eigenvalue weighted by Crippen LogP contribution is 2.54. The van der Waals surface area contributed by atoms with E-state index in [2.05, 4.69) is 424 Å². The molecule has 4 nitrogen and oxygen atoms in total. The van der Waals surface area contributed by atoms with Gasteiger partial charge in [0.2, 0.25) is 0 Å². The molecule has 3 aliphatic rings. The Morgan fingerprint density at radius 2 is 0.365 bits per heavy atom. The maximum Gasteiger partial charge on any atom is 0.0541 e. The van der Waals surface area contributed by atoms with Gasteiger partial charge in [0, 0.05) is 82.1 Å². The molecule has 0 unspecified atom stereocenters. The number of para-hydroxylation sites is 4. The van der Waals surface area contributed by atoms with Crippen molar-refractivity contribution in [2.75, 3.05) is 0 Å². The normalized spacial score (nSPS) is 14.0. The number of aromatic nitrogens is 4. The summed E-state index contributed by atoms with van der Waals surface area (Å²) in [5.74, 6) is 0. The van der Waals surface area contributed by atoms with Gasteiger partial charge >= 0.3 is 0 Å². The zero-order chi connectivity index (χ0) is 76.5. The summed E-state index contributed by atoms with van der Waals surface area (Å²) in [5.41, 5.74) is 35.7. The highest BCUT2D eigenvalue weighted by atomic mass is 15.0. The second kappa shape index (κ2) is 24.0. The van der Waals surface area contributed by atoms with Gasteiger partial charge in [-0.05, 0) is 243 Å². The molecule has 115 heavy (non-hydrogen) atoms. The van der Waals surface area contributed by atoms with E-state index < -0.39 is 0 Å². The molecule has 18 aromatic carbocycles. The Bertz CT molecular complexity index is 7750. The van der Waals surface area contributed by atoms with E-state index in [1.165, 1.54) is 231 Å². The van der Waals surface area contributed by atoms with Crippen LogP contribution in [0, 0.1) is 0 Å². The number of benzene rings is 18. The first-order valence-corrected chi connectivity index (χ1v) is 40.5. The quantitative estimate of drug-likeness (QED) is 0.148. The summed E-state index contributed by atoms with van der Waals surface area (Å²) in [4.78, 5) is 0. The first kappa shape index (κ1) is 65.6. The van der Waals surface area contributed by atoms with Crippen molar-refractivity contribution in [1.29, 1.82) is 0 Å². The highest BCUT2D eigenvalue weighted by Gasteiger charge is 2.39. The number of hydrogen-bond acceptors (Lipinski definition) is 0. The van der Waals surface area contributed by atoms with Crippen molar-refractivity contribution in [1.82, 2.24) is 18.3 Å². The third-order valence-corrected chi connectivity index (χ3v) is 26.8. The minimum Gasteiger partial charge on any atom is -0.309 e. The van der Waals surface area contributed by atoms with E-state index in [-0.39, 0.29) is 16.2 Å².